The highest BCUT2D eigenvalue weighted by Crippen LogP contribution is 2.18. The van der Waals surface area contributed by atoms with Crippen LogP contribution in [-0.4, -0.2) is 33.2 Å². The van der Waals surface area contributed by atoms with E-state index in [0.717, 1.165) is 37.2 Å². The molecule has 94 valence electrons. The van der Waals surface area contributed by atoms with Crippen molar-refractivity contribution in [1.82, 2.24) is 9.38 Å². The normalized spacial score (nSPS) is 19.4. The Kier molecular flexibility index (Phi) is 2.76. The minimum absolute atomic E-state index is 0.212. The first-order valence-electron chi connectivity index (χ1n) is 6.05. The van der Waals surface area contributed by atoms with Crippen molar-refractivity contribution in [3.05, 3.63) is 35.9 Å². The van der Waals surface area contributed by atoms with E-state index in [2.05, 4.69) is 4.98 Å². The van der Waals surface area contributed by atoms with Gasteiger partial charge in [-0.05, 0) is 25.0 Å². The second kappa shape index (κ2) is 4.42. The Balaban J connectivity index is 1.95. The van der Waals surface area contributed by atoms with Gasteiger partial charge in [-0.1, -0.05) is 0 Å². The molecule has 1 atom stereocenters. The van der Waals surface area contributed by atoms with Crippen molar-refractivity contribution in [2.45, 2.75) is 25.4 Å². The molecule has 0 amide bonds. The van der Waals surface area contributed by atoms with Crippen LogP contribution in [-0.2, 0) is 11.2 Å². The Morgan fingerprint density at radius 1 is 1.56 bits per heavy atom. The number of carbonyl (C=O) groups is 1. The maximum atomic E-state index is 11.0. The van der Waals surface area contributed by atoms with Crippen LogP contribution in [0.25, 0.3) is 5.52 Å². The van der Waals surface area contributed by atoms with Gasteiger partial charge in [-0.25, -0.2) is 9.78 Å². The molecule has 18 heavy (non-hydrogen) atoms. The van der Waals surface area contributed by atoms with E-state index in [0.29, 0.717) is 0 Å². The molecular weight excluding hydrogens is 232 g/mol. The van der Waals surface area contributed by atoms with Gasteiger partial charge >= 0.3 is 5.97 Å². The lowest BCUT2D eigenvalue weighted by atomic mass is 10.2. The highest BCUT2D eigenvalue weighted by molar-refractivity contribution is 5.87. The molecule has 5 nitrogen and oxygen atoms in total. The minimum atomic E-state index is -0.923. The van der Waals surface area contributed by atoms with Gasteiger partial charge in [0.15, 0.2) is 0 Å². The molecule has 0 aromatic carbocycles. The fraction of sp³-hybridized carbons (Fsp3) is 0.385. The fourth-order valence-electron chi connectivity index (χ4n) is 2.33. The van der Waals surface area contributed by atoms with Crippen LogP contribution in [0, 0.1) is 0 Å². The summed E-state index contributed by atoms with van der Waals surface area (Å²) in [4.78, 5) is 15.3. The predicted octanol–water partition coefficient (Wildman–Crippen LogP) is 1.75. The highest BCUT2D eigenvalue weighted by atomic mass is 16.5. The van der Waals surface area contributed by atoms with Crippen molar-refractivity contribution in [1.29, 1.82) is 0 Å². The summed E-state index contributed by atoms with van der Waals surface area (Å²) in [5.41, 5.74) is 1.18. The van der Waals surface area contributed by atoms with Crippen LogP contribution in [0.2, 0.25) is 0 Å². The number of pyridine rings is 1. The SMILES string of the molecule is O=C(O)c1ccc2cnc(CC3CCCO3)n2c1. The van der Waals surface area contributed by atoms with E-state index < -0.39 is 5.97 Å². The van der Waals surface area contributed by atoms with Gasteiger partial charge in [0.05, 0.1) is 23.4 Å². The van der Waals surface area contributed by atoms with E-state index >= 15 is 0 Å². The zero-order valence-electron chi connectivity index (χ0n) is 9.87. The second-order valence-corrected chi connectivity index (χ2v) is 4.53. The van der Waals surface area contributed by atoms with Crippen LogP contribution >= 0.6 is 0 Å². The predicted molar refractivity (Wildman–Crippen MR) is 64.8 cm³/mol. The third kappa shape index (κ3) is 1.97. The summed E-state index contributed by atoms with van der Waals surface area (Å²) in [7, 11) is 0. The van der Waals surface area contributed by atoms with Gasteiger partial charge in [0.1, 0.15) is 5.82 Å². The lowest BCUT2D eigenvalue weighted by molar-refractivity contribution is 0.0696. The van der Waals surface area contributed by atoms with Crippen LogP contribution < -0.4 is 0 Å². The molecule has 5 heteroatoms. The number of ether oxygens (including phenoxy) is 1. The first kappa shape index (κ1) is 11.2. The maximum absolute atomic E-state index is 11.0. The number of hydrogen-bond donors (Lipinski definition) is 1. The number of fused-ring (bicyclic) bond motifs is 1. The summed E-state index contributed by atoms with van der Waals surface area (Å²) in [5, 5.41) is 9.00. The molecule has 2 aromatic heterocycles. The first-order chi connectivity index (χ1) is 8.74. The van der Waals surface area contributed by atoms with E-state index in [9.17, 15) is 4.79 Å². The summed E-state index contributed by atoms with van der Waals surface area (Å²) in [6.45, 7) is 0.814. The average Bonchev–Trinajstić information content (AvgIpc) is 2.99. The van der Waals surface area contributed by atoms with Crippen LogP contribution in [0.5, 0.6) is 0 Å². The average molecular weight is 246 g/mol. The summed E-state index contributed by atoms with van der Waals surface area (Å²) >= 11 is 0. The quantitative estimate of drug-likeness (QED) is 0.896. The van der Waals surface area contributed by atoms with Crippen molar-refractivity contribution in [3.8, 4) is 0 Å². The highest BCUT2D eigenvalue weighted by Gasteiger charge is 2.18. The molecule has 0 aliphatic carbocycles. The molecule has 3 heterocycles. The third-order valence-corrected chi connectivity index (χ3v) is 3.29. The number of nitrogens with zero attached hydrogens (tertiary/aromatic N) is 2. The van der Waals surface area contributed by atoms with Gasteiger partial charge < -0.3 is 14.2 Å². The van der Waals surface area contributed by atoms with Crippen molar-refractivity contribution in [2.24, 2.45) is 0 Å². The van der Waals surface area contributed by atoms with Gasteiger partial charge in [0.25, 0.3) is 0 Å². The molecule has 0 bridgehead atoms. The molecule has 1 aliphatic heterocycles. The summed E-state index contributed by atoms with van der Waals surface area (Å²) in [5.74, 6) is -0.0614. The zero-order valence-corrected chi connectivity index (χ0v) is 9.87. The molecule has 1 aliphatic rings. The monoisotopic (exact) mass is 246 g/mol. The Morgan fingerprint density at radius 2 is 2.44 bits per heavy atom. The molecule has 0 spiro atoms. The molecule has 2 aromatic rings. The fourth-order valence-corrected chi connectivity index (χ4v) is 2.33. The Bertz CT molecular complexity index is 585. The van der Waals surface area contributed by atoms with Gasteiger partial charge in [0.2, 0.25) is 0 Å². The van der Waals surface area contributed by atoms with E-state index in [1.807, 2.05) is 4.40 Å². The van der Waals surface area contributed by atoms with Crippen LogP contribution in [0.4, 0.5) is 0 Å². The minimum Gasteiger partial charge on any atom is -0.478 e. The van der Waals surface area contributed by atoms with Crippen LogP contribution in [0.3, 0.4) is 0 Å². The summed E-state index contributed by atoms with van der Waals surface area (Å²) < 4.78 is 7.42. The standard InChI is InChI=1S/C13H14N2O3/c16-13(17)9-3-4-10-7-14-12(15(10)8-9)6-11-2-1-5-18-11/h3-4,7-8,11H,1-2,5-6H2,(H,16,17). The maximum Gasteiger partial charge on any atom is 0.337 e. The number of imidazole rings is 1. The molecule has 1 saturated heterocycles. The number of hydrogen-bond acceptors (Lipinski definition) is 3. The van der Waals surface area contributed by atoms with Crippen molar-refractivity contribution in [2.75, 3.05) is 6.61 Å². The van der Waals surface area contributed by atoms with Gasteiger partial charge in [-0.2, -0.15) is 0 Å². The van der Waals surface area contributed by atoms with Gasteiger partial charge in [0, 0.05) is 19.2 Å². The van der Waals surface area contributed by atoms with Crippen LogP contribution in [0.1, 0.15) is 29.0 Å². The van der Waals surface area contributed by atoms with E-state index in [-0.39, 0.29) is 11.7 Å². The van der Waals surface area contributed by atoms with Crippen LogP contribution in [0.15, 0.2) is 24.5 Å². The third-order valence-electron chi connectivity index (χ3n) is 3.29. The number of aromatic nitrogens is 2. The zero-order chi connectivity index (χ0) is 12.5. The number of carboxylic acid groups (broad SMARTS) is 1. The van der Waals surface area contributed by atoms with E-state index in [1.165, 1.54) is 0 Å². The topological polar surface area (TPSA) is 63.8 Å². The van der Waals surface area contributed by atoms with Crippen molar-refractivity contribution < 1.29 is 14.6 Å². The molecule has 1 N–H and O–H groups in total. The summed E-state index contributed by atoms with van der Waals surface area (Å²) in [6.07, 6.45) is 6.47. The first-order valence-corrected chi connectivity index (χ1v) is 6.05. The number of aromatic carboxylic acids is 1. The lowest BCUT2D eigenvalue weighted by Gasteiger charge is -2.08. The van der Waals surface area contributed by atoms with Gasteiger partial charge in [-0.15, -0.1) is 0 Å². The number of carboxylic acids is 1. The Labute approximate surface area is 104 Å². The second-order valence-electron chi connectivity index (χ2n) is 4.53. The van der Waals surface area contributed by atoms with Gasteiger partial charge in [-0.3, -0.25) is 0 Å². The molecule has 1 unspecified atom stereocenters. The molecule has 3 rings (SSSR count). The molecule has 0 radical (unpaired) electrons. The van der Waals surface area contributed by atoms with E-state index in [1.54, 1.807) is 24.5 Å². The molecular formula is C13H14N2O3. The molecule has 1 fully saturated rings. The lowest BCUT2D eigenvalue weighted by Crippen LogP contribution is -2.12. The number of rotatable bonds is 3. The smallest absolute Gasteiger partial charge is 0.337 e. The molecule has 0 saturated carbocycles. The van der Waals surface area contributed by atoms with Crippen molar-refractivity contribution in [3.63, 3.8) is 0 Å². The van der Waals surface area contributed by atoms with E-state index in [4.69, 9.17) is 9.84 Å². The Hall–Kier alpha value is -1.88. The largest absolute Gasteiger partial charge is 0.478 e. The van der Waals surface area contributed by atoms with Crippen molar-refractivity contribution >= 4 is 11.5 Å². The summed E-state index contributed by atoms with van der Waals surface area (Å²) in [6, 6.07) is 3.37. The Morgan fingerprint density at radius 3 is 3.17 bits per heavy atom.